The fourth-order valence-corrected chi connectivity index (χ4v) is 3.60. The number of halogens is 2. The Morgan fingerprint density at radius 3 is 2.80 bits per heavy atom. The second-order valence-corrected chi connectivity index (χ2v) is 7.31. The number of aryl methyl sites for hydroxylation is 1. The van der Waals surface area contributed by atoms with Gasteiger partial charge in [-0.05, 0) is 19.9 Å². The first-order valence-corrected chi connectivity index (χ1v) is 9.77. The minimum atomic E-state index is -1.29. The number of pyridine rings is 1. The monoisotopic (exact) mass is 425 g/mol. The van der Waals surface area contributed by atoms with E-state index in [0.717, 1.165) is 6.07 Å². The number of hydrogen-bond donors (Lipinski definition) is 3. The van der Waals surface area contributed by atoms with E-state index in [1.165, 1.54) is 10.8 Å². The Balaban J connectivity index is 2.11. The molecular weight excluding hydrogens is 400 g/mol. The van der Waals surface area contributed by atoms with E-state index in [9.17, 15) is 19.1 Å². The molecule has 1 aliphatic rings. The first-order valence-electron chi connectivity index (χ1n) is 9.77. The van der Waals surface area contributed by atoms with Gasteiger partial charge in [-0.3, -0.25) is 4.79 Å². The van der Waals surface area contributed by atoms with Crippen LogP contribution in [0.4, 0.5) is 14.5 Å². The van der Waals surface area contributed by atoms with Crippen molar-refractivity contribution in [2.24, 2.45) is 0 Å². The summed E-state index contributed by atoms with van der Waals surface area (Å²) >= 11 is 0. The Bertz CT molecular complexity index is 1010. The quantitative estimate of drug-likeness (QED) is 0.583. The van der Waals surface area contributed by atoms with Crippen molar-refractivity contribution < 1.29 is 28.5 Å². The molecule has 1 aliphatic heterocycles. The maximum atomic E-state index is 15.5. The van der Waals surface area contributed by atoms with Gasteiger partial charge < -0.3 is 29.7 Å². The van der Waals surface area contributed by atoms with Crippen LogP contribution in [0.2, 0.25) is 0 Å². The fraction of sp³-hybridized carbons (Fsp3) is 0.500. The minimum absolute atomic E-state index is 0.0491. The van der Waals surface area contributed by atoms with E-state index in [0.29, 0.717) is 19.6 Å². The number of piperazine rings is 1. The molecule has 30 heavy (non-hydrogen) atoms. The molecule has 0 bridgehead atoms. The highest BCUT2D eigenvalue weighted by molar-refractivity contribution is 5.95. The largest absolute Gasteiger partial charge is 0.459 e. The van der Waals surface area contributed by atoms with E-state index in [2.05, 4.69) is 5.32 Å². The van der Waals surface area contributed by atoms with Crippen LogP contribution in [0.25, 0.3) is 10.9 Å². The molecule has 8 nitrogen and oxygen atoms in total. The van der Waals surface area contributed by atoms with E-state index >= 15 is 4.39 Å². The number of aliphatic hydroxyl groups excluding tert-OH is 2. The maximum Gasteiger partial charge on any atom is 0.343 e. The van der Waals surface area contributed by atoms with Crippen molar-refractivity contribution in [3.05, 3.63) is 39.7 Å². The van der Waals surface area contributed by atoms with Gasteiger partial charge in [0.15, 0.2) is 5.82 Å². The summed E-state index contributed by atoms with van der Waals surface area (Å²) in [5, 5.41) is 21.1. The number of carbonyl (C=O) groups excluding carboxylic acids is 1. The highest BCUT2D eigenvalue weighted by atomic mass is 19.1. The summed E-state index contributed by atoms with van der Waals surface area (Å²) in [7, 11) is 0. The van der Waals surface area contributed by atoms with Gasteiger partial charge in [-0.25, -0.2) is 13.6 Å². The van der Waals surface area contributed by atoms with Crippen LogP contribution in [0.15, 0.2) is 17.1 Å². The molecule has 164 valence electrons. The summed E-state index contributed by atoms with van der Waals surface area (Å²) in [5.41, 5.74) is -1.55. The van der Waals surface area contributed by atoms with Gasteiger partial charge in [0.1, 0.15) is 29.8 Å². The SMILES string of the molecule is CCn1cc(C(=O)OCC(O)CO)c(=O)c2cc(F)c(N3CCNC(C)C3)c(F)c21. The highest BCUT2D eigenvalue weighted by Crippen LogP contribution is 2.30. The molecule has 0 saturated carbocycles. The molecule has 0 amide bonds. The Kier molecular flexibility index (Phi) is 6.69. The molecule has 1 aromatic carbocycles. The number of aromatic nitrogens is 1. The highest BCUT2D eigenvalue weighted by Gasteiger charge is 2.27. The predicted molar refractivity (Wildman–Crippen MR) is 107 cm³/mol. The van der Waals surface area contributed by atoms with Gasteiger partial charge >= 0.3 is 5.97 Å². The average Bonchev–Trinajstić information content (AvgIpc) is 2.72. The second kappa shape index (κ2) is 9.07. The van der Waals surface area contributed by atoms with Crippen molar-refractivity contribution in [1.82, 2.24) is 9.88 Å². The Hall–Kier alpha value is -2.56. The first-order chi connectivity index (χ1) is 14.3. The van der Waals surface area contributed by atoms with Gasteiger partial charge in [0.25, 0.3) is 0 Å². The van der Waals surface area contributed by atoms with Gasteiger partial charge in [0.2, 0.25) is 5.43 Å². The minimum Gasteiger partial charge on any atom is -0.459 e. The zero-order chi connectivity index (χ0) is 22.0. The lowest BCUT2D eigenvalue weighted by Crippen LogP contribution is -2.49. The lowest BCUT2D eigenvalue weighted by molar-refractivity contribution is 0.00919. The Labute approximate surface area is 171 Å². The van der Waals surface area contributed by atoms with E-state index in [1.54, 1.807) is 11.8 Å². The fourth-order valence-electron chi connectivity index (χ4n) is 3.60. The summed E-state index contributed by atoms with van der Waals surface area (Å²) in [6.07, 6.45) is -0.120. The van der Waals surface area contributed by atoms with Crippen LogP contribution in [0.1, 0.15) is 24.2 Å². The molecule has 2 heterocycles. The summed E-state index contributed by atoms with van der Waals surface area (Å²) in [6, 6.07) is 1.00. The molecule has 0 radical (unpaired) electrons. The molecule has 3 N–H and O–H groups in total. The average molecular weight is 425 g/mol. The van der Waals surface area contributed by atoms with E-state index in [1.807, 2.05) is 6.92 Å². The zero-order valence-corrected chi connectivity index (χ0v) is 16.8. The van der Waals surface area contributed by atoms with Crippen molar-refractivity contribution in [2.75, 3.05) is 37.7 Å². The number of nitrogens with one attached hydrogen (secondary N) is 1. The van der Waals surface area contributed by atoms with E-state index < -0.39 is 47.9 Å². The molecule has 0 aliphatic carbocycles. The summed E-state index contributed by atoms with van der Waals surface area (Å²) in [5.74, 6) is -2.78. The van der Waals surface area contributed by atoms with Crippen molar-refractivity contribution in [3.8, 4) is 0 Å². The molecule has 0 spiro atoms. The normalized spacial score (nSPS) is 17.9. The lowest BCUT2D eigenvalue weighted by Gasteiger charge is -2.34. The summed E-state index contributed by atoms with van der Waals surface area (Å²) in [6.45, 7) is 4.10. The van der Waals surface area contributed by atoms with Crippen LogP contribution in [0.5, 0.6) is 0 Å². The Morgan fingerprint density at radius 1 is 1.43 bits per heavy atom. The molecule has 2 atom stereocenters. The smallest absolute Gasteiger partial charge is 0.343 e. The zero-order valence-electron chi connectivity index (χ0n) is 16.8. The van der Waals surface area contributed by atoms with Gasteiger partial charge in [0.05, 0.1) is 17.5 Å². The van der Waals surface area contributed by atoms with Crippen LogP contribution < -0.4 is 15.6 Å². The number of nitrogens with zero attached hydrogens (tertiary/aromatic N) is 2. The van der Waals surface area contributed by atoms with Gasteiger partial charge in [0, 0.05) is 38.4 Å². The van der Waals surface area contributed by atoms with Crippen molar-refractivity contribution in [2.45, 2.75) is 32.5 Å². The van der Waals surface area contributed by atoms with Gasteiger partial charge in [-0.1, -0.05) is 0 Å². The third kappa shape index (κ3) is 4.16. The van der Waals surface area contributed by atoms with Crippen LogP contribution >= 0.6 is 0 Å². The van der Waals surface area contributed by atoms with Crippen LogP contribution in [0.3, 0.4) is 0 Å². The number of benzene rings is 1. The predicted octanol–water partition coefficient (Wildman–Crippen LogP) is 0.608. The number of ether oxygens (including phenoxy) is 1. The molecule has 1 fully saturated rings. The molecule has 2 unspecified atom stereocenters. The molecule has 1 aromatic heterocycles. The number of anilines is 1. The van der Waals surface area contributed by atoms with Crippen LogP contribution in [-0.4, -0.2) is 65.7 Å². The number of hydrogen-bond acceptors (Lipinski definition) is 7. The van der Waals surface area contributed by atoms with Crippen molar-refractivity contribution in [1.29, 1.82) is 0 Å². The second-order valence-electron chi connectivity index (χ2n) is 7.31. The summed E-state index contributed by atoms with van der Waals surface area (Å²) in [4.78, 5) is 26.7. The third-order valence-corrected chi connectivity index (χ3v) is 5.09. The number of esters is 1. The van der Waals surface area contributed by atoms with E-state index in [4.69, 9.17) is 9.84 Å². The molecule has 10 heteroatoms. The van der Waals surface area contributed by atoms with Crippen molar-refractivity contribution in [3.63, 3.8) is 0 Å². The first kappa shape index (κ1) is 22.1. The Morgan fingerprint density at radius 2 is 2.17 bits per heavy atom. The molecular formula is C20H25F2N3O5. The molecule has 3 rings (SSSR count). The number of fused-ring (bicyclic) bond motifs is 1. The number of rotatable bonds is 6. The summed E-state index contributed by atoms with van der Waals surface area (Å²) < 4.78 is 36.6. The van der Waals surface area contributed by atoms with Gasteiger partial charge in [-0.2, -0.15) is 0 Å². The number of carbonyl (C=O) groups is 1. The topological polar surface area (TPSA) is 104 Å². The van der Waals surface area contributed by atoms with Crippen LogP contribution in [0, 0.1) is 11.6 Å². The standard InChI is InChI=1S/C20H25F2N3O5/c1-3-24-8-14(20(29)30-10-12(27)9-26)19(28)13-6-15(21)18(16(22)17(13)24)25-5-4-23-11(2)7-25/h6,8,11-12,23,26-27H,3-5,7,9-10H2,1-2H3. The number of aliphatic hydroxyl groups is 2. The lowest BCUT2D eigenvalue weighted by atomic mass is 10.1. The maximum absolute atomic E-state index is 15.5. The third-order valence-electron chi connectivity index (χ3n) is 5.09. The van der Waals surface area contributed by atoms with Crippen LogP contribution in [-0.2, 0) is 11.3 Å². The molecule has 1 saturated heterocycles. The van der Waals surface area contributed by atoms with Gasteiger partial charge in [-0.15, -0.1) is 0 Å². The molecule has 2 aromatic rings. The van der Waals surface area contributed by atoms with E-state index in [-0.39, 0.29) is 29.2 Å². The van der Waals surface area contributed by atoms with Crippen molar-refractivity contribution >= 4 is 22.6 Å².